The van der Waals surface area contributed by atoms with E-state index in [-0.39, 0.29) is 17.8 Å². The largest absolute Gasteiger partial charge is 0.346 e. The quantitative estimate of drug-likeness (QED) is 0.870. The Labute approximate surface area is 141 Å². The van der Waals surface area contributed by atoms with Gasteiger partial charge < -0.3 is 5.32 Å². The highest BCUT2D eigenvalue weighted by Crippen LogP contribution is 2.21. The van der Waals surface area contributed by atoms with Gasteiger partial charge in [-0.1, -0.05) is 18.2 Å². The van der Waals surface area contributed by atoms with Crippen molar-refractivity contribution in [3.05, 3.63) is 65.0 Å². The number of hydrogen-bond donors (Lipinski definition) is 2. The molecule has 0 aliphatic carbocycles. The highest BCUT2D eigenvalue weighted by molar-refractivity contribution is 7.92. The molecule has 0 saturated heterocycles. The van der Waals surface area contributed by atoms with Crippen molar-refractivity contribution in [3.63, 3.8) is 0 Å². The second-order valence-corrected chi connectivity index (χ2v) is 7.35. The number of halogens is 1. The SMILES string of the molecule is Cc1c(NS(C)(=O)=O)cccc1C(=O)N[C@H](C)c1ccc(F)cc1. The minimum Gasteiger partial charge on any atom is -0.346 e. The van der Waals surface area contributed by atoms with Crippen LogP contribution in [0.1, 0.15) is 34.5 Å². The van der Waals surface area contributed by atoms with Gasteiger partial charge in [0, 0.05) is 5.56 Å². The third-order valence-corrected chi connectivity index (χ3v) is 4.18. The molecular formula is C17H19FN2O3S. The predicted molar refractivity (Wildman–Crippen MR) is 91.9 cm³/mol. The van der Waals surface area contributed by atoms with Crippen LogP contribution < -0.4 is 10.0 Å². The first-order valence-electron chi connectivity index (χ1n) is 7.31. The second-order valence-electron chi connectivity index (χ2n) is 5.60. The van der Waals surface area contributed by atoms with Crippen molar-refractivity contribution in [3.8, 4) is 0 Å². The number of hydrogen-bond acceptors (Lipinski definition) is 3. The van der Waals surface area contributed by atoms with Crippen molar-refractivity contribution in [1.29, 1.82) is 0 Å². The molecule has 5 nitrogen and oxygen atoms in total. The molecule has 0 unspecified atom stereocenters. The molecule has 2 N–H and O–H groups in total. The predicted octanol–water partition coefficient (Wildman–Crippen LogP) is 3.00. The van der Waals surface area contributed by atoms with Gasteiger partial charge in [-0.3, -0.25) is 9.52 Å². The van der Waals surface area contributed by atoms with Crippen molar-refractivity contribution in [1.82, 2.24) is 5.32 Å². The van der Waals surface area contributed by atoms with E-state index in [4.69, 9.17) is 0 Å². The van der Waals surface area contributed by atoms with Crippen LogP contribution >= 0.6 is 0 Å². The van der Waals surface area contributed by atoms with E-state index in [1.807, 2.05) is 0 Å². The smallest absolute Gasteiger partial charge is 0.252 e. The van der Waals surface area contributed by atoms with Gasteiger partial charge in [0.25, 0.3) is 5.91 Å². The number of benzene rings is 2. The maximum absolute atomic E-state index is 13.0. The fraction of sp³-hybridized carbons (Fsp3) is 0.235. The number of amides is 1. The zero-order valence-electron chi connectivity index (χ0n) is 13.6. The van der Waals surface area contributed by atoms with Crippen LogP contribution in [0, 0.1) is 12.7 Å². The molecule has 24 heavy (non-hydrogen) atoms. The van der Waals surface area contributed by atoms with Crippen LogP contribution in [0.4, 0.5) is 10.1 Å². The Morgan fingerprint density at radius 2 is 1.75 bits per heavy atom. The Hall–Kier alpha value is -2.41. The van der Waals surface area contributed by atoms with Crippen LogP contribution in [0.2, 0.25) is 0 Å². The summed E-state index contributed by atoms with van der Waals surface area (Å²) >= 11 is 0. The second kappa shape index (κ2) is 7.00. The van der Waals surface area contributed by atoms with E-state index in [9.17, 15) is 17.6 Å². The molecular weight excluding hydrogens is 331 g/mol. The molecule has 1 atom stereocenters. The third kappa shape index (κ3) is 4.55. The molecule has 0 heterocycles. The van der Waals surface area contributed by atoms with Crippen LogP contribution in [0.5, 0.6) is 0 Å². The molecule has 0 aromatic heterocycles. The summed E-state index contributed by atoms with van der Waals surface area (Å²) in [5.74, 6) is -0.672. The standard InChI is InChI=1S/C17H19FN2O3S/c1-11-15(5-4-6-16(11)20-24(3,22)23)17(21)19-12(2)13-7-9-14(18)10-8-13/h4-10,12,20H,1-3H3,(H,19,21)/t12-/m1/s1. The lowest BCUT2D eigenvalue weighted by atomic mass is 10.0. The first-order chi connectivity index (χ1) is 11.2. The van der Waals surface area contributed by atoms with Crippen molar-refractivity contribution < 1.29 is 17.6 Å². The fourth-order valence-electron chi connectivity index (χ4n) is 2.30. The topological polar surface area (TPSA) is 75.3 Å². The lowest BCUT2D eigenvalue weighted by Gasteiger charge is -2.17. The van der Waals surface area contributed by atoms with E-state index < -0.39 is 10.0 Å². The van der Waals surface area contributed by atoms with Gasteiger partial charge in [0.2, 0.25) is 10.0 Å². The minimum absolute atomic E-state index is 0.316. The first kappa shape index (κ1) is 17.9. The van der Waals surface area contributed by atoms with Gasteiger partial charge in [0.15, 0.2) is 0 Å². The fourth-order valence-corrected chi connectivity index (χ4v) is 2.92. The van der Waals surface area contributed by atoms with Crippen molar-refractivity contribution in [2.24, 2.45) is 0 Å². The molecule has 7 heteroatoms. The average molecular weight is 350 g/mol. The Morgan fingerprint density at radius 3 is 2.33 bits per heavy atom. The number of nitrogens with one attached hydrogen (secondary N) is 2. The summed E-state index contributed by atoms with van der Waals surface area (Å²) < 4.78 is 38.1. The van der Waals surface area contributed by atoms with Crippen LogP contribution in [0.15, 0.2) is 42.5 Å². The number of sulfonamides is 1. The molecule has 0 radical (unpaired) electrons. The zero-order chi connectivity index (χ0) is 17.9. The van der Waals surface area contributed by atoms with Gasteiger partial charge in [-0.2, -0.15) is 0 Å². The Balaban J connectivity index is 2.20. The number of carbonyl (C=O) groups is 1. The number of anilines is 1. The van der Waals surface area contributed by atoms with E-state index >= 15 is 0 Å². The monoisotopic (exact) mass is 350 g/mol. The van der Waals surface area contributed by atoms with Crippen LogP contribution in [0.3, 0.4) is 0 Å². The maximum atomic E-state index is 13.0. The molecule has 0 spiro atoms. The lowest BCUT2D eigenvalue weighted by Crippen LogP contribution is -2.27. The summed E-state index contributed by atoms with van der Waals surface area (Å²) in [5.41, 5.74) is 2.04. The number of rotatable bonds is 5. The van der Waals surface area contributed by atoms with Crippen molar-refractivity contribution in [2.75, 3.05) is 11.0 Å². The molecule has 0 fully saturated rings. The maximum Gasteiger partial charge on any atom is 0.252 e. The van der Waals surface area contributed by atoms with E-state index in [1.165, 1.54) is 12.1 Å². The summed E-state index contributed by atoms with van der Waals surface area (Å²) in [6.07, 6.45) is 1.05. The van der Waals surface area contributed by atoms with Crippen LogP contribution in [-0.4, -0.2) is 20.6 Å². The summed E-state index contributed by atoms with van der Waals surface area (Å²) in [6.45, 7) is 3.46. The molecule has 2 aromatic rings. The van der Waals surface area contributed by atoms with E-state index in [2.05, 4.69) is 10.0 Å². The van der Waals surface area contributed by atoms with Crippen LogP contribution in [0.25, 0.3) is 0 Å². The summed E-state index contributed by atoms with van der Waals surface area (Å²) in [7, 11) is -3.43. The van der Waals surface area contributed by atoms with Crippen LogP contribution in [-0.2, 0) is 10.0 Å². The average Bonchev–Trinajstić information content (AvgIpc) is 2.48. The van der Waals surface area contributed by atoms with Gasteiger partial charge >= 0.3 is 0 Å². The van der Waals surface area contributed by atoms with Gasteiger partial charge in [0.1, 0.15) is 5.82 Å². The summed E-state index contributed by atoms with van der Waals surface area (Å²) in [5, 5.41) is 2.82. The van der Waals surface area contributed by atoms with E-state index in [0.29, 0.717) is 16.8 Å². The lowest BCUT2D eigenvalue weighted by molar-refractivity contribution is 0.0939. The van der Waals surface area contributed by atoms with Gasteiger partial charge in [-0.25, -0.2) is 12.8 Å². The Bertz CT molecular complexity index is 849. The molecule has 0 aliphatic rings. The molecule has 128 valence electrons. The van der Waals surface area contributed by atoms with Crippen molar-refractivity contribution >= 4 is 21.6 Å². The molecule has 2 aromatic carbocycles. The van der Waals surface area contributed by atoms with Crippen molar-refractivity contribution in [2.45, 2.75) is 19.9 Å². The normalized spacial score (nSPS) is 12.5. The minimum atomic E-state index is -3.43. The Morgan fingerprint density at radius 1 is 1.12 bits per heavy atom. The van der Waals surface area contributed by atoms with Gasteiger partial charge in [-0.15, -0.1) is 0 Å². The van der Waals surface area contributed by atoms with Gasteiger partial charge in [0.05, 0.1) is 18.0 Å². The van der Waals surface area contributed by atoms with E-state index in [0.717, 1.165) is 11.8 Å². The highest BCUT2D eigenvalue weighted by Gasteiger charge is 2.16. The van der Waals surface area contributed by atoms with Gasteiger partial charge in [-0.05, 0) is 49.2 Å². The summed E-state index contributed by atoms with van der Waals surface area (Å²) in [6, 6.07) is 10.4. The molecule has 1 amide bonds. The molecule has 0 aliphatic heterocycles. The molecule has 2 rings (SSSR count). The van der Waals surface area contributed by atoms with E-state index in [1.54, 1.807) is 44.2 Å². The molecule has 0 bridgehead atoms. The highest BCUT2D eigenvalue weighted by atomic mass is 32.2. The first-order valence-corrected chi connectivity index (χ1v) is 9.20. The summed E-state index contributed by atoms with van der Waals surface area (Å²) in [4.78, 5) is 12.5. The molecule has 0 saturated carbocycles. The third-order valence-electron chi connectivity index (χ3n) is 3.59. The zero-order valence-corrected chi connectivity index (χ0v) is 14.4. The number of carbonyl (C=O) groups excluding carboxylic acids is 1. The Kier molecular flexibility index (Phi) is 5.23.